The third kappa shape index (κ3) is 4.69. The second-order valence-corrected chi connectivity index (χ2v) is 9.33. The van der Waals surface area contributed by atoms with Gasteiger partial charge in [-0.3, -0.25) is 0 Å². The third-order valence-electron chi connectivity index (χ3n) is 4.60. The molecule has 23 heavy (non-hydrogen) atoms. The van der Waals surface area contributed by atoms with E-state index in [1.165, 1.54) is 0 Å². The lowest BCUT2D eigenvalue weighted by Gasteiger charge is -2.34. The quantitative estimate of drug-likeness (QED) is 0.744. The highest BCUT2D eigenvalue weighted by Gasteiger charge is 2.30. The van der Waals surface area contributed by atoms with Gasteiger partial charge in [0.15, 0.2) is 0 Å². The number of hydrogen-bond donors (Lipinski definition) is 0. The summed E-state index contributed by atoms with van der Waals surface area (Å²) in [6, 6.07) is 7.43. The third-order valence-corrected chi connectivity index (χ3v) is 6.52. The molecule has 0 bridgehead atoms. The van der Waals surface area contributed by atoms with Gasteiger partial charge in [-0.15, -0.1) is 0 Å². The van der Waals surface area contributed by atoms with Crippen LogP contribution in [0.1, 0.15) is 39.2 Å². The second-order valence-electron chi connectivity index (χ2n) is 7.33. The van der Waals surface area contributed by atoms with E-state index in [0.29, 0.717) is 4.90 Å². The Hall–Kier alpha value is -0.620. The Bertz CT molecular complexity index is 600. The Morgan fingerprint density at radius 3 is 2.00 bits per heavy atom. The molecule has 0 unspecified atom stereocenters. The van der Waals surface area contributed by atoms with E-state index in [0.717, 1.165) is 31.5 Å². The van der Waals surface area contributed by atoms with Gasteiger partial charge in [0, 0.05) is 13.1 Å². The number of sulfonamides is 1. The molecule has 1 aliphatic heterocycles. The van der Waals surface area contributed by atoms with Crippen LogP contribution in [0.2, 0.25) is 0 Å². The lowest BCUT2D eigenvalue weighted by atomic mass is 9.87. The molecule has 2 rings (SSSR count). The molecule has 0 atom stereocenters. The van der Waals surface area contributed by atoms with Gasteiger partial charge in [-0.25, -0.2) is 8.42 Å². The number of nitrogens with zero attached hydrogens (tertiary/aromatic N) is 2. The topological polar surface area (TPSA) is 40.6 Å². The van der Waals surface area contributed by atoms with E-state index in [4.69, 9.17) is 0 Å². The molecule has 1 aromatic carbocycles. The largest absolute Gasteiger partial charge is 1.00 e. The fraction of sp³-hybridized carbons (Fsp3) is 0.647. The van der Waals surface area contributed by atoms with E-state index in [-0.39, 0.29) is 23.9 Å². The number of hydrogen-bond acceptors (Lipinski definition) is 3. The number of halogens is 1. The van der Waals surface area contributed by atoms with Crippen molar-refractivity contribution in [3.63, 3.8) is 0 Å². The lowest BCUT2D eigenvalue weighted by molar-refractivity contribution is -0.00000779. The average Bonchev–Trinajstić information content (AvgIpc) is 2.46. The van der Waals surface area contributed by atoms with Crippen LogP contribution in [0.5, 0.6) is 0 Å². The van der Waals surface area contributed by atoms with Crippen molar-refractivity contribution in [3.05, 3.63) is 29.8 Å². The Labute approximate surface area is 147 Å². The van der Waals surface area contributed by atoms with Crippen LogP contribution >= 0.6 is 0 Å². The summed E-state index contributed by atoms with van der Waals surface area (Å²) < 4.78 is 27.1. The van der Waals surface area contributed by atoms with Gasteiger partial charge in [0.2, 0.25) is 10.0 Å². The molecular formula is C17H28ClN2O2S-. The lowest BCUT2D eigenvalue weighted by Crippen LogP contribution is -3.00. The molecule has 0 aromatic heterocycles. The van der Waals surface area contributed by atoms with Gasteiger partial charge in [0.05, 0.1) is 4.90 Å². The Kier molecular flexibility index (Phi) is 6.67. The molecule has 6 heteroatoms. The zero-order valence-electron chi connectivity index (χ0n) is 14.7. The van der Waals surface area contributed by atoms with Crippen molar-refractivity contribution in [1.82, 2.24) is 9.21 Å². The van der Waals surface area contributed by atoms with Gasteiger partial charge in [-0.2, -0.15) is 4.31 Å². The van der Waals surface area contributed by atoms with Gasteiger partial charge in [0.1, 0.15) is 0 Å². The van der Waals surface area contributed by atoms with E-state index < -0.39 is 10.0 Å². The maximum absolute atomic E-state index is 12.8. The second kappa shape index (κ2) is 7.51. The molecule has 4 nitrogen and oxygen atoms in total. The predicted molar refractivity (Wildman–Crippen MR) is 90.6 cm³/mol. The van der Waals surface area contributed by atoms with Gasteiger partial charge >= 0.3 is 0 Å². The van der Waals surface area contributed by atoms with Gasteiger partial charge in [0.25, 0.3) is 0 Å². The summed E-state index contributed by atoms with van der Waals surface area (Å²) in [7, 11) is 0.387. The van der Waals surface area contributed by atoms with Crippen molar-refractivity contribution >= 4 is 10.0 Å². The molecule has 1 aromatic rings. The highest BCUT2D eigenvalue weighted by molar-refractivity contribution is 7.89. The van der Waals surface area contributed by atoms with Crippen LogP contribution in [-0.2, 0) is 15.4 Å². The van der Waals surface area contributed by atoms with Gasteiger partial charge < -0.3 is 17.3 Å². The predicted octanol–water partition coefficient (Wildman–Crippen LogP) is -0.297. The standard InChI is InChI=1S/C17H28N2O2S.ClH/c1-17(2,3)14-6-8-16(9-7-14)22(20,21)19(5)15-10-12-18(4)13-11-15;/h6-9,15H,10-13H2,1-5H3;1H/p-1. The molecule has 0 spiro atoms. The maximum atomic E-state index is 12.8. The fourth-order valence-electron chi connectivity index (χ4n) is 2.85. The fourth-order valence-corrected chi connectivity index (χ4v) is 4.26. The monoisotopic (exact) mass is 359 g/mol. The van der Waals surface area contributed by atoms with Crippen LogP contribution in [0.15, 0.2) is 29.2 Å². The summed E-state index contributed by atoms with van der Waals surface area (Å²) in [6.07, 6.45) is 1.79. The molecule has 1 aliphatic rings. The van der Waals surface area contributed by atoms with E-state index in [9.17, 15) is 8.42 Å². The molecular weight excluding hydrogens is 332 g/mol. The summed E-state index contributed by atoms with van der Waals surface area (Å²) in [5.74, 6) is 0. The van der Waals surface area contributed by atoms with Crippen LogP contribution in [0.4, 0.5) is 0 Å². The van der Waals surface area contributed by atoms with E-state index >= 15 is 0 Å². The number of rotatable bonds is 3. The molecule has 1 heterocycles. The van der Waals surface area contributed by atoms with E-state index in [1.807, 2.05) is 12.1 Å². The maximum Gasteiger partial charge on any atom is 0.243 e. The van der Waals surface area contributed by atoms with Crippen molar-refractivity contribution in [2.75, 3.05) is 27.2 Å². The highest BCUT2D eigenvalue weighted by Crippen LogP contribution is 2.26. The molecule has 0 amide bonds. The molecule has 1 saturated heterocycles. The van der Waals surface area contributed by atoms with E-state index in [2.05, 4.69) is 32.7 Å². The first-order valence-corrected chi connectivity index (χ1v) is 9.33. The van der Waals surface area contributed by atoms with Gasteiger partial charge in [-0.1, -0.05) is 32.9 Å². The number of likely N-dealkylation sites (tertiary alicyclic amines) is 1. The van der Waals surface area contributed by atoms with Crippen molar-refractivity contribution in [2.24, 2.45) is 0 Å². The highest BCUT2D eigenvalue weighted by atomic mass is 35.5. The van der Waals surface area contributed by atoms with Crippen LogP contribution < -0.4 is 12.4 Å². The Morgan fingerprint density at radius 2 is 1.57 bits per heavy atom. The average molecular weight is 360 g/mol. The molecule has 0 N–H and O–H groups in total. The van der Waals surface area contributed by atoms with Gasteiger partial charge in [-0.05, 0) is 56.1 Å². The summed E-state index contributed by atoms with van der Waals surface area (Å²) in [4.78, 5) is 2.64. The zero-order valence-corrected chi connectivity index (χ0v) is 16.3. The van der Waals surface area contributed by atoms with E-state index in [1.54, 1.807) is 23.5 Å². The SMILES string of the molecule is CN1CCC(N(C)S(=O)(=O)c2ccc(C(C)(C)C)cc2)CC1.[Cl-]. The van der Waals surface area contributed by atoms with Crippen LogP contribution in [-0.4, -0.2) is 50.8 Å². The summed E-state index contributed by atoms with van der Waals surface area (Å²) in [5.41, 5.74) is 1.18. The minimum absolute atomic E-state index is 0. The first-order valence-electron chi connectivity index (χ1n) is 7.89. The molecule has 1 fully saturated rings. The minimum atomic E-state index is -3.40. The molecule has 132 valence electrons. The Balaban J connectivity index is 0.00000264. The van der Waals surface area contributed by atoms with Crippen molar-refractivity contribution < 1.29 is 20.8 Å². The molecule has 0 aliphatic carbocycles. The number of piperidine rings is 1. The van der Waals surface area contributed by atoms with Crippen molar-refractivity contribution in [3.8, 4) is 0 Å². The van der Waals surface area contributed by atoms with Crippen LogP contribution in [0.25, 0.3) is 0 Å². The first kappa shape index (κ1) is 20.4. The normalized spacial score (nSPS) is 18.0. The first-order chi connectivity index (χ1) is 10.1. The summed E-state index contributed by atoms with van der Waals surface area (Å²) in [6.45, 7) is 8.28. The number of benzene rings is 1. The van der Waals surface area contributed by atoms with Crippen LogP contribution in [0.3, 0.4) is 0 Å². The minimum Gasteiger partial charge on any atom is -1.00 e. The van der Waals surface area contributed by atoms with Crippen molar-refractivity contribution in [1.29, 1.82) is 0 Å². The smallest absolute Gasteiger partial charge is 0.243 e. The summed E-state index contributed by atoms with van der Waals surface area (Å²) in [5, 5.41) is 0. The summed E-state index contributed by atoms with van der Waals surface area (Å²) >= 11 is 0. The zero-order chi connectivity index (χ0) is 16.5. The van der Waals surface area contributed by atoms with Crippen LogP contribution in [0, 0.1) is 0 Å². The molecule has 0 radical (unpaired) electrons. The Morgan fingerprint density at radius 1 is 1.09 bits per heavy atom. The van der Waals surface area contributed by atoms with Crippen molar-refractivity contribution in [2.45, 2.75) is 50.0 Å². The molecule has 0 saturated carbocycles.